The maximum absolute atomic E-state index is 5.58. The molecule has 0 spiro atoms. The van der Waals surface area contributed by atoms with Crippen LogP contribution in [0.5, 0.6) is 0 Å². The van der Waals surface area contributed by atoms with Gasteiger partial charge in [-0.3, -0.25) is 0 Å². The Bertz CT molecular complexity index is 1110. The van der Waals surface area contributed by atoms with Crippen molar-refractivity contribution in [1.82, 2.24) is 24.7 Å². The largest absolute Gasteiger partial charge is 0.356 e. The number of fused-ring (bicyclic) bond motifs is 1. The first kappa shape index (κ1) is 16.9. The molecule has 7 heteroatoms. The van der Waals surface area contributed by atoms with E-state index in [0.29, 0.717) is 11.7 Å². The molecule has 5 rings (SSSR count). The molecule has 1 saturated heterocycles. The summed E-state index contributed by atoms with van der Waals surface area (Å²) in [5.41, 5.74) is 3.88. The maximum atomic E-state index is 5.58. The molecular formula is C21H22N6O. The van der Waals surface area contributed by atoms with Gasteiger partial charge in [0.1, 0.15) is 5.82 Å². The van der Waals surface area contributed by atoms with Gasteiger partial charge in [-0.05, 0) is 26.7 Å². The van der Waals surface area contributed by atoms with E-state index in [-0.39, 0.29) is 0 Å². The monoisotopic (exact) mass is 374 g/mol. The van der Waals surface area contributed by atoms with Crippen LogP contribution in [0, 0.1) is 13.8 Å². The summed E-state index contributed by atoms with van der Waals surface area (Å²) >= 11 is 0. The zero-order valence-corrected chi connectivity index (χ0v) is 16.0. The van der Waals surface area contributed by atoms with Crippen LogP contribution in [0.4, 0.5) is 5.82 Å². The van der Waals surface area contributed by atoms with Crippen molar-refractivity contribution in [2.24, 2.45) is 0 Å². The van der Waals surface area contributed by atoms with Crippen LogP contribution >= 0.6 is 0 Å². The number of piperidine rings is 1. The lowest BCUT2D eigenvalue weighted by molar-refractivity contribution is 0.329. The Hall–Kier alpha value is -3.22. The van der Waals surface area contributed by atoms with Crippen molar-refractivity contribution in [1.29, 1.82) is 0 Å². The van der Waals surface area contributed by atoms with Crippen LogP contribution in [0.25, 0.3) is 17.0 Å². The molecule has 4 aromatic rings. The first-order valence-corrected chi connectivity index (χ1v) is 9.65. The van der Waals surface area contributed by atoms with Crippen molar-refractivity contribution in [2.75, 3.05) is 18.0 Å². The van der Waals surface area contributed by atoms with Gasteiger partial charge in [-0.1, -0.05) is 35.5 Å². The van der Waals surface area contributed by atoms with Crippen LogP contribution in [0.1, 0.15) is 36.0 Å². The zero-order valence-electron chi connectivity index (χ0n) is 16.0. The lowest BCUT2D eigenvalue weighted by atomic mass is 9.96. The molecule has 0 bridgehead atoms. The smallest absolute Gasteiger partial charge is 0.230 e. The van der Waals surface area contributed by atoms with Crippen LogP contribution in [0.2, 0.25) is 0 Å². The number of anilines is 1. The number of hydrogen-bond acceptors (Lipinski definition) is 6. The number of aromatic nitrogens is 5. The van der Waals surface area contributed by atoms with Crippen LogP contribution in [0.15, 0.2) is 47.0 Å². The SMILES string of the molecule is Cc1cc(N2CCC(c3nc(-c4ccccc4)no3)CC2)n2nc(C)cc2n1. The highest BCUT2D eigenvalue weighted by Gasteiger charge is 2.27. The molecule has 28 heavy (non-hydrogen) atoms. The summed E-state index contributed by atoms with van der Waals surface area (Å²) in [5.74, 6) is 2.80. The summed E-state index contributed by atoms with van der Waals surface area (Å²) in [4.78, 5) is 11.6. The van der Waals surface area contributed by atoms with Crippen LogP contribution < -0.4 is 4.90 Å². The Kier molecular flexibility index (Phi) is 4.07. The van der Waals surface area contributed by atoms with Gasteiger partial charge in [0.15, 0.2) is 5.65 Å². The van der Waals surface area contributed by atoms with Gasteiger partial charge in [0.25, 0.3) is 0 Å². The normalized spacial score (nSPS) is 15.4. The minimum Gasteiger partial charge on any atom is -0.356 e. The number of rotatable bonds is 3. The molecule has 0 N–H and O–H groups in total. The first-order chi connectivity index (χ1) is 13.7. The highest BCUT2D eigenvalue weighted by molar-refractivity contribution is 5.54. The van der Waals surface area contributed by atoms with Crippen LogP contribution in [-0.4, -0.2) is 37.8 Å². The van der Waals surface area contributed by atoms with E-state index in [9.17, 15) is 0 Å². The number of nitrogens with zero attached hydrogens (tertiary/aromatic N) is 6. The molecule has 0 unspecified atom stereocenters. The molecule has 1 aliphatic heterocycles. The van der Waals surface area contributed by atoms with Crippen molar-refractivity contribution in [3.05, 3.63) is 59.7 Å². The van der Waals surface area contributed by atoms with Gasteiger partial charge in [0.2, 0.25) is 11.7 Å². The lowest BCUT2D eigenvalue weighted by Gasteiger charge is -2.32. The van der Waals surface area contributed by atoms with E-state index in [2.05, 4.69) is 31.2 Å². The fraction of sp³-hybridized carbons (Fsp3) is 0.333. The summed E-state index contributed by atoms with van der Waals surface area (Å²) in [6.07, 6.45) is 1.94. The van der Waals surface area contributed by atoms with Gasteiger partial charge in [-0.25, -0.2) is 4.98 Å². The molecule has 7 nitrogen and oxygen atoms in total. The highest BCUT2D eigenvalue weighted by Crippen LogP contribution is 2.31. The Morgan fingerprint density at radius 2 is 1.75 bits per heavy atom. The number of aryl methyl sites for hydroxylation is 2. The summed E-state index contributed by atoms with van der Waals surface area (Å²) < 4.78 is 7.53. The average Bonchev–Trinajstić information content (AvgIpc) is 3.34. The molecule has 0 saturated carbocycles. The fourth-order valence-corrected chi connectivity index (χ4v) is 3.88. The Labute approximate surface area is 163 Å². The fourth-order valence-electron chi connectivity index (χ4n) is 3.88. The number of hydrogen-bond donors (Lipinski definition) is 0. The van der Waals surface area contributed by atoms with E-state index in [0.717, 1.165) is 60.2 Å². The molecule has 3 aromatic heterocycles. The van der Waals surface area contributed by atoms with E-state index in [1.807, 2.05) is 54.8 Å². The van der Waals surface area contributed by atoms with E-state index in [1.54, 1.807) is 0 Å². The van der Waals surface area contributed by atoms with Gasteiger partial charge < -0.3 is 9.42 Å². The zero-order chi connectivity index (χ0) is 19.1. The molecule has 1 aliphatic rings. The molecule has 0 radical (unpaired) electrons. The van der Waals surface area contributed by atoms with Gasteiger partial charge in [0, 0.05) is 42.4 Å². The third kappa shape index (κ3) is 3.02. The highest BCUT2D eigenvalue weighted by atomic mass is 16.5. The second-order valence-electron chi connectivity index (χ2n) is 7.40. The molecule has 142 valence electrons. The summed E-state index contributed by atoms with van der Waals surface area (Å²) in [6.45, 7) is 5.87. The van der Waals surface area contributed by atoms with Gasteiger partial charge in [-0.15, -0.1) is 0 Å². The van der Waals surface area contributed by atoms with Crippen molar-refractivity contribution >= 4 is 11.5 Å². The quantitative estimate of drug-likeness (QED) is 0.543. The third-order valence-corrected chi connectivity index (χ3v) is 5.30. The molecule has 0 amide bonds. The predicted molar refractivity (Wildman–Crippen MR) is 106 cm³/mol. The van der Waals surface area contributed by atoms with Crippen molar-refractivity contribution in [2.45, 2.75) is 32.6 Å². The van der Waals surface area contributed by atoms with E-state index in [1.165, 1.54) is 0 Å². The molecule has 1 aromatic carbocycles. The van der Waals surface area contributed by atoms with Crippen molar-refractivity contribution < 1.29 is 4.52 Å². The third-order valence-electron chi connectivity index (χ3n) is 5.30. The predicted octanol–water partition coefficient (Wildman–Crippen LogP) is 3.78. The Balaban J connectivity index is 1.34. The second-order valence-corrected chi connectivity index (χ2v) is 7.40. The average molecular weight is 374 g/mol. The van der Waals surface area contributed by atoms with Crippen LogP contribution in [0.3, 0.4) is 0 Å². The molecule has 1 fully saturated rings. The molecule has 4 heterocycles. The Morgan fingerprint density at radius 1 is 0.964 bits per heavy atom. The first-order valence-electron chi connectivity index (χ1n) is 9.65. The van der Waals surface area contributed by atoms with Crippen molar-refractivity contribution in [3.63, 3.8) is 0 Å². The summed E-state index contributed by atoms with van der Waals surface area (Å²) in [6, 6.07) is 14.1. The molecule has 0 atom stereocenters. The van der Waals surface area contributed by atoms with Crippen LogP contribution in [-0.2, 0) is 0 Å². The lowest BCUT2D eigenvalue weighted by Crippen LogP contribution is -2.34. The standard InChI is InChI=1S/C21H22N6O/c1-14-13-19(27-18(22-14)12-15(2)24-27)26-10-8-17(9-11-26)21-23-20(25-28-21)16-6-4-3-5-7-16/h3-7,12-13,17H,8-11H2,1-2H3. The minimum atomic E-state index is 0.291. The van der Waals surface area contributed by atoms with E-state index >= 15 is 0 Å². The maximum Gasteiger partial charge on any atom is 0.230 e. The van der Waals surface area contributed by atoms with Gasteiger partial charge in [0.05, 0.1) is 5.69 Å². The van der Waals surface area contributed by atoms with E-state index in [4.69, 9.17) is 4.52 Å². The van der Waals surface area contributed by atoms with E-state index < -0.39 is 0 Å². The summed E-state index contributed by atoms with van der Waals surface area (Å²) in [5, 5.41) is 8.79. The van der Waals surface area contributed by atoms with Crippen molar-refractivity contribution in [3.8, 4) is 11.4 Å². The van der Waals surface area contributed by atoms with Gasteiger partial charge in [-0.2, -0.15) is 14.6 Å². The number of benzene rings is 1. The van der Waals surface area contributed by atoms with Gasteiger partial charge >= 0.3 is 0 Å². The minimum absolute atomic E-state index is 0.291. The summed E-state index contributed by atoms with van der Waals surface area (Å²) in [7, 11) is 0. The molecule has 0 aliphatic carbocycles. The second kappa shape index (κ2) is 6.74. The molecular weight excluding hydrogens is 352 g/mol. The topological polar surface area (TPSA) is 72.4 Å². The Morgan fingerprint density at radius 3 is 2.54 bits per heavy atom.